The second kappa shape index (κ2) is 4.61. The van der Waals surface area contributed by atoms with Gasteiger partial charge >= 0.3 is 0 Å². The fourth-order valence-electron chi connectivity index (χ4n) is 1.12. The molecule has 0 amide bonds. The van der Waals surface area contributed by atoms with Crippen LogP contribution in [0.15, 0.2) is 41.3 Å². The van der Waals surface area contributed by atoms with E-state index in [9.17, 15) is 13.2 Å². The highest BCUT2D eigenvalue weighted by Crippen LogP contribution is 2.13. The maximum atomic E-state index is 11.8. The molecule has 0 aliphatic heterocycles. The van der Waals surface area contributed by atoms with Gasteiger partial charge in [0.2, 0.25) is 0 Å². The van der Waals surface area contributed by atoms with Crippen LogP contribution in [-0.2, 0) is 14.6 Å². The summed E-state index contributed by atoms with van der Waals surface area (Å²) in [6.07, 6.45) is 0. The topological polar surface area (TPSA) is 51.2 Å². The molecule has 0 aromatic heterocycles. The largest absolute Gasteiger partial charge is 0.293 e. The van der Waals surface area contributed by atoms with Crippen molar-refractivity contribution in [3.05, 3.63) is 42.0 Å². The Labute approximate surface area is 95.7 Å². The highest BCUT2D eigenvalue weighted by atomic mass is 32.2. The Balaban J connectivity index is 2.99. The number of Topliss-reactive ketones (excluding diaryl/α,β-unsaturated/α-hetero) is 1. The lowest BCUT2D eigenvalue weighted by molar-refractivity contribution is -0.113. The molecule has 16 heavy (non-hydrogen) atoms. The highest BCUT2D eigenvalue weighted by Gasteiger charge is 2.19. The molecular formula is C12H14O3S. The van der Waals surface area contributed by atoms with Crippen LogP contribution in [0.4, 0.5) is 0 Å². The maximum Gasteiger partial charge on any atom is 0.185 e. The number of ketones is 1. The van der Waals surface area contributed by atoms with Gasteiger partial charge in [0.1, 0.15) is 5.75 Å². The standard InChI is InChI=1S/C12H14O3S/c1-9(2)12(13)8-16(14,15)11-6-4-10(3)5-7-11/h4-7H,1,8H2,2-3H3. The Morgan fingerprint density at radius 3 is 2.19 bits per heavy atom. The molecule has 86 valence electrons. The molecule has 0 bridgehead atoms. The second-order valence-corrected chi connectivity index (χ2v) is 5.77. The quantitative estimate of drug-likeness (QED) is 0.753. The van der Waals surface area contributed by atoms with Gasteiger partial charge in [-0.3, -0.25) is 4.79 Å². The van der Waals surface area contributed by atoms with Crippen LogP contribution in [0.25, 0.3) is 0 Å². The molecule has 1 aromatic rings. The third-order valence-corrected chi connectivity index (χ3v) is 3.81. The van der Waals surface area contributed by atoms with Crippen LogP contribution in [0.2, 0.25) is 0 Å². The van der Waals surface area contributed by atoms with E-state index in [4.69, 9.17) is 0 Å². The number of hydrogen-bond acceptors (Lipinski definition) is 3. The number of benzene rings is 1. The summed E-state index contributed by atoms with van der Waals surface area (Å²) in [6.45, 7) is 6.81. The van der Waals surface area contributed by atoms with Crippen molar-refractivity contribution in [2.24, 2.45) is 0 Å². The van der Waals surface area contributed by atoms with E-state index >= 15 is 0 Å². The minimum atomic E-state index is -3.53. The van der Waals surface area contributed by atoms with Gasteiger partial charge < -0.3 is 0 Å². The lowest BCUT2D eigenvalue weighted by atomic mass is 10.2. The van der Waals surface area contributed by atoms with Crippen LogP contribution < -0.4 is 0 Å². The Morgan fingerprint density at radius 1 is 1.25 bits per heavy atom. The monoisotopic (exact) mass is 238 g/mol. The van der Waals surface area contributed by atoms with Crippen molar-refractivity contribution in [1.29, 1.82) is 0 Å². The van der Waals surface area contributed by atoms with Crippen molar-refractivity contribution in [3.8, 4) is 0 Å². The SMILES string of the molecule is C=C(C)C(=O)CS(=O)(=O)c1ccc(C)cc1. The minimum Gasteiger partial charge on any atom is -0.293 e. The van der Waals surface area contributed by atoms with E-state index in [1.165, 1.54) is 19.1 Å². The maximum absolute atomic E-state index is 11.8. The van der Waals surface area contributed by atoms with Crippen LogP contribution in [0.1, 0.15) is 12.5 Å². The van der Waals surface area contributed by atoms with Gasteiger partial charge in [-0.1, -0.05) is 24.3 Å². The molecule has 0 atom stereocenters. The van der Waals surface area contributed by atoms with Gasteiger partial charge in [-0.2, -0.15) is 0 Å². The van der Waals surface area contributed by atoms with E-state index < -0.39 is 21.4 Å². The molecule has 1 aromatic carbocycles. The van der Waals surface area contributed by atoms with Gasteiger partial charge in [-0.05, 0) is 31.6 Å². The van der Waals surface area contributed by atoms with Gasteiger partial charge in [-0.15, -0.1) is 0 Å². The molecule has 0 radical (unpaired) electrons. The van der Waals surface area contributed by atoms with E-state index in [1.54, 1.807) is 12.1 Å². The van der Waals surface area contributed by atoms with Crippen molar-refractivity contribution in [3.63, 3.8) is 0 Å². The lowest BCUT2D eigenvalue weighted by Crippen LogP contribution is -2.16. The Bertz CT molecular complexity index is 510. The Kier molecular flexibility index (Phi) is 3.65. The molecule has 0 fully saturated rings. The first-order valence-electron chi connectivity index (χ1n) is 4.81. The molecule has 0 aliphatic rings. The zero-order valence-corrected chi connectivity index (χ0v) is 10.2. The zero-order valence-electron chi connectivity index (χ0n) is 9.36. The number of hydrogen-bond donors (Lipinski definition) is 0. The van der Waals surface area contributed by atoms with E-state index in [1.807, 2.05) is 6.92 Å². The molecule has 0 aliphatic carbocycles. The van der Waals surface area contributed by atoms with Crippen molar-refractivity contribution >= 4 is 15.6 Å². The summed E-state index contributed by atoms with van der Waals surface area (Å²) in [6, 6.07) is 6.43. The van der Waals surface area contributed by atoms with Crippen LogP contribution in [0, 0.1) is 6.92 Å². The number of aryl methyl sites for hydroxylation is 1. The first kappa shape index (κ1) is 12.6. The lowest BCUT2D eigenvalue weighted by Gasteiger charge is -2.03. The van der Waals surface area contributed by atoms with E-state index in [0.717, 1.165) is 5.56 Å². The summed E-state index contributed by atoms with van der Waals surface area (Å²) < 4.78 is 23.6. The molecule has 1 rings (SSSR count). The van der Waals surface area contributed by atoms with Crippen molar-refractivity contribution in [2.45, 2.75) is 18.7 Å². The van der Waals surface area contributed by atoms with Crippen molar-refractivity contribution < 1.29 is 13.2 Å². The number of carbonyl (C=O) groups excluding carboxylic acids is 1. The third kappa shape index (κ3) is 3.03. The minimum absolute atomic E-state index is 0.174. The van der Waals surface area contributed by atoms with E-state index in [-0.39, 0.29) is 10.5 Å². The average molecular weight is 238 g/mol. The smallest absolute Gasteiger partial charge is 0.185 e. The molecule has 3 nitrogen and oxygen atoms in total. The fraction of sp³-hybridized carbons (Fsp3) is 0.250. The molecule has 0 spiro atoms. The average Bonchev–Trinajstić information content (AvgIpc) is 2.17. The van der Waals surface area contributed by atoms with Crippen LogP contribution in [0.3, 0.4) is 0 Å². The molecule has 0 heterocycles. The first-order valence-corrected chi connectivity index (χ1v) is 6.46. The third-order valence-electron chi connectivity index (χ3n) is 2.18. The second-order valence-electron chi connectivity index (χ2n) is 3.78. The number of rotatable bonds is 4. The molecule has 0 saturated carbocycles. The summed E-state index contributed by atoms with van der Waals surface area (Å²) >= 11 is 0. The van der Waals surface area contributed by atoms with Crippen molar-refractivity contribution in [1.82, 2.24) is 0 Å². The molecule has 0 N–H and O–H groups in total. The predicted molar refractivity (Wildman–Crippen MR) is 63.1 cm³/mol. The van der Waals surface area contributed by atoms with Crippen LogP contribution in [0.5, 0.6) is 0 Å². The predicted octanol–water partition coefficient (Wildman–Crippen LogP) is 1.91. The molecule has 4 heteroatoms. The van der Waals surface area contributed by atoms with Gasteiger partial charge in [-0.25, -0.2) is 8.42 Å². The van der Waals surface area contributed by atoms with E-state index in [2.05, 4.69) is 6.58 Å². The molecule has 0 unspecified atom stereocenters. The van der Waals surface area contributed by atoms with Crippen molar-refractivity contribution in [2.75, 3.05) is 5.75 Å². The van der Waals surface area contributed by atoms with E-state index in [0.29, 0.717) is 0 Å². The Morgan fingerprint density at radius 2 is 1.75 bits per heavy atom. The fourth-order valence-corrected chi connectivity index (χ4v) is 2.43. The molecular weight excluding hydrogens is 224 g/mol. The first-order chi connectivity index (χ1) is 7.33. The van der Waals surface area contributed by atoms with Gasteiger partial charge in [0.25, 0.3) is 0 Å². The number of allylic oxidation sites excluding steroid dienone is 1. The summed E-state index contributed by atoms with van der Waals surface area (Å²) in [4.78, 5) is 11.5. The van der Waals surface area contributed by atoms with Gasteiger partial charge in [0.15, 0.2) is 15.6 Å². The summed E-state index contributed by atoms with van der Waals surface area (Å²) in [5, 5.41) is 0. The Hall–Kier alpha value is -1.42. The summed E-state index contributed by atoms with van der Waals surface area (Å²) in [5.41, 5.74) is 1.24. The van der Waals surface area contributed by atoms with Crippen LogP contribution >= 0.6 is 0 Å². The number of carbonyl (C=O) groups is 1. The highest BCUT2D eigenvalue weighted by molar-refractivity contribution is 7.92. The number of sulfone groups is 1. The summed E-state index contributed by atoms with van der Waals surface area (Å²) in [5.74, 6) is -0.952. The van der Waals surface area contributed by atoms with Gasteiger partial charge in [0.05, 0.1) is 4.90 Å². The summed E-state index contributed by atoms with van der Waals surface area (Å²) in [7, 11) is -3.53. The van der Waals surface area contributed by atoms with Gasteiger partial charge in [0, 0.05) is 0 Å². The van der Waals surface area contributed by atoms with Crippen LogP contribution in [-0.4, -0.2) is 20.0 Å². The normalized spacial score (nSPS) is 11.1. The zero-order chi connectivity index (χ0) is 12.3. The molecule has 0 saturated heterocycles.